The highest BCUT2D eigenvalue weighted by Crippen LogP contribution is 2.36. The molecule has 0 bridgehead atoms. The van der Waals surface area contributed by atoms with Gasteiger partial charge in [0.2, 0.25) is 0 Å². The Morgan fingerprint density at radius 3 is 2.96 bits per heavy atom. The lowest BCUT2D eigenvalue weighted by Gasteiger charge is -2.37. The van der Waals surface area contributed by atoms with Crippen LogP contribution in [0.4, 0.5) is 0 Å². The van der Waals surface area contributed by atoms with Crippen molar-refractivity contribution in [2.75, 3.05) is 19.6 Å². The van der Waals surface area contributed by atoms with Crippen LogP contribution in [0.3, 0.4) is 0 Å². The third-order valence-electron chi connectivity index (χ3n) is 4.52. The van der Waals surface area contributed by atoms with Crippen LogP contribution in [0.1, 0.15) is 49.4 Å². The maximum absolute atomic E-state index is 10.3. The van der Waals surface area contributed by atoms with Crippen molar-refractivity contribution < 1.29 is 5.11 Å². The van der Waals surface area contributed by atoms with E-state index < -0.39 is 0 Å². The van der Waals surface area contributed by atoms with E-state index in [1.807, 2.05) is 6.20 Å². The molecule has 1 saturated carbocycles. The van der Waals surface area contributed by atoms with Crippen molar-refractivity contribution in [3.63, 3.8) is 0 Å². The molecule has 23 heavy (non-hydrogen) atoms. The Morgan fingerprint density at radius 1 is 1.48 bits per heavy atom. The van der Waals surface area contributed by atoms with Gasteiger partial charge in [-0.05, 0) is 26.7 Å². The molecule has 0 amide bonds. The summed E-state index contributed by atoms with van der Waals surface area (Å²) in [6, 6.07) is 0. The monoisotopic (exact) mass is 338 g/mol. The highest BCUT2D eigenvalue weighted by Gasteiger charge is 2.35. The number of aliphatic imine (C=N–C) groups is 1. The zero-order valence-electron chi connectivity index (χ0n) is 14.6. The average Bonchev–Trinajstić information content (AvgIpc) is 2.94. The number of hydrogen-bond donors (Lipinski definition) is 3. The van der Waals surface area contributed by atoms with Gasteiger partial charge in [0.05, 0.1) is 17.7 Å². The second-order valence-electron chi connectivity index (χ2n) is 6.65. The van der Waals surface area contributed by atoms with E-state index in [0.29, 0.717) is 6.54 Å². The number of guanidine groups is 1. The molecule has 1 fully saturated rings. The fraction of sp³-hybridized carbons (Fsp3) is 0.765. The zero-order valence-corrected chi connectivity index (χ0v) is 15.4. The minimum absolute atomic E-state index is 0.0903. The van der Waals surface area contributed by atoms with Crippen molar-refractivity contribution in [1.29, 1.82) is 0 Å². The minimum Gasteiger partial charge on any atom is -0.392 e. The van der Waals surface area contributed by atoms with Crippen molar-refractivity contribution in [1.82, 2.24) is 15.6 Å². The van der Waals surface area contributed by atoms with Crippen molar-refractivity contribution in [3.05, 3.63) is 16.1 Å². The van der Waals surface area contributed by atoms with Crippen LogP contribution in [0, 0.1) is 12.3 Å². The Morgan fingerprint density at radius 2 is 2.30 bits per heavy atom. The number of thiazole rings is 1. The van der Waals surface area contributed by atoms with E-state index >= 15 is 0 Å². The van der Waals surface area contributed by atoms with Crippen LogP contribution in [0.5, 0.6) is 0 Å². The number of hydrogen-bond acceptors (Lipinski definition) is 4. The third kappa shape index (κ3) is 5.46. The van der Waals surface area contributed by atoms with Crippen LogP contribution in [-0.4, -0.2) is 41.8 Å². The highest BCUT2D eigenvalue weighted by molar-refractivity contribution is 7.11. The van der Waals surface area contributed by atoms with Crippen molar-refractivity contribution >= 4 is 17.3 Å². The first-order valence-corrected chi connectivity index (χ1v) is 9.47. The molecule has 2 atom stereocenters. The molecule has 1 aromatic heterocycles. The van der Waals surface area contributed by atoms with Gasteiger partial charge in [-0.2, -0.15) is 0 Å². The van der Waals surface area contributed by atoms with Gasteiger partial charge < -0.3 is 15.7 Å². The molecule has 6 heteroatoms. The van der Waals surface area contributed by atoms with E-state index in [-0.39, 0.29) is 11.5 Å². The average molecular weight is 339 g/mol. The summed E-state index contributed by atoms with van der Waals surface area (Å²) in [5.74, 6) is 0.833. The lowest BCUT2D eigenvalue weighted by atomic mass is 9.73. The molecule has 130 valence electrons. The maximum atomic E-state index is 10.3. The number of aryl methyl sites for hydroxylation is 1. The summed E-state index contributed by atoms with van der Waals surface area (Å²) >= 11 is 1.74. The maximum Gasteiger partial charge on any atom is 0.191 e. The predicted molar refractivity (Wildman–Crippen MR) is 97.1 cm³/mol. The van der Waals surface area contributed by atoms with Gasteiger partial charge in [-0.3, -0.25) is 4.99 Å². The molecular formula is C17H30N4OS. The Labute approximate surface area is 143 Å². The van der Waals surface area contributed by atoms with Crippen LogP contribution in [0.15, 0.2) is 11.2 Å². The minimum atomic E-state index is -0.235. The molecule has 0 spiro atoms. The van der Waals surface area contributed by atoms with E-state index in [9.17, 15) is 5.11 Å². The summed E-state index contributed by atoms with van der Waals surface area (Å²) in [6.45, 7) is 8.62. The van der Waals surface area contributed by atoms with Crippen LogP contribution in [-0.2, 0) is 6.42 Å². The molecule has 2 unspecified atom stereocenters. The third-order valence-corrected chi connectivity index (χ3v) is 5.50. The Hall–Kier alpha value is -1.14. The number of nitrogens with zero attached hydrogens (tertiary/aromatic N) is 2. The molecule has 0 radical (unpaired) electrons. The zero-order chi connectivity index (χ0) is 16.7. The van der Waals surface area contributed by atoms with Crippen molar-refractivity contribution in [2.45, 2.75) is 59.0 Å². The molecule has 1 heterocycles. The summed E-state index contributed by atoms with van der Waals surface area (Å²) in [5.41, 5.74) is -0.0903. The first kappa shape index (κ1) is 18.2. The van der Waals surface area contributed by atoms with Crippen LogP contribution >= 0.6 is 11.3 Å². The lowest BCUT2D eigenvalue weighted by Crippen LogP contribution is -2.42. The Balaban J connectivity index is 1.86. The second-order valence-corrected chi connectivity index (χ2v) is 7.97. The summed E-state index contributed by atoms with van der Waals surface area (Å²) in [7, 11) is 0. The van der Waals surface area contributed by atoms with Crippen LogP contribution in [0.2, 0.25) is 0 Å². The molecule has 1 aromatic rings. The lowest BCUT2D eigenvalue weighted by molar-refractivity contribution is 0.00716. The van der Waals surface area contributed by atoms with E-state index in [2.05, 4.69) is 36.4 Å². The topological polar surface area (TPSA) is 69.5 Å². The molecule has 1 aliphatic carbocycles. The van der Waals surface area contributed by atoms with Gasteiger partial charge in [0.25, 0.3) is 0 Å². The quantitative estimate of drug-likeness (QED) is 0.550. The Kier molecular flexibility index (Phi) is 6.84. The molecular weight excluding hydrogens is 308 g/mol. The van der Waals surface area contributed by atoms with E-state index in [1.54, 1.807) is 11.3 Å². The molecule has 1 aliphatic rings. The fourth-order valence-corrected chi connectivity index (χ4v) is 3.76. The highest BCUT2D eigenvalue weighted by atomic mass is 32.1. The van der Waals surface area contributed by atoms with E-state index in [0.717, 1.165) is 49.7 Å². The first-order chi connectivity index (χ1) is 11.0. The largest absolute Gasteiger partial charge is 0.392 e. The summed E-state index contributed by atoms with van der Waals surface area (Å²) < 4.78 is 0. The number of aliphatic hydroxyl groups is 1. The molecule has 3 N–H and O–H groups in total. The second kappa shape index (κ2) is 8.64. The molecule has 2 rings (SSSR count). The van der Waals surface area contributed by atoms with Gasteiger partial charge in [-0.15, -0.1) is 11.3 Å². The van der Waals surface area contributed by atoms with Crippen LogP contribution in [0.25, 0.3) is 0 Å². The normalized spacial score (nSPS) is 25.4. The smallest absolute Gasteiger partial charge is 0.191 e. The van der Waals surface area contributed by atoms with Crippen LogP contribution < -0.4 is 10.6 Å². The number of aliphatic hydroxyl groups excluding tert-OH is 1. The van der Waals surface area contributed by atoms with E-state index in [1.165, 1.54) is 11.3 Å². The van der Waals surface area contributed by atoms with Crippen molar-refractivity contribution in [2.24, 2.45) is 10.4 Å². The van der Waals surface area contributed by atoms with Gasteiger partial charge in [-0.25, -0.2) is 4.98 Å². The molecule has 0 aliphatic heterocycles. The number of nitrogens with one attached hydrogen (secondary N) is 2. The SMILES string of the molecule is CCNC(=NCC1(C)CCCCC1O)NCCc1ncc(C)s1. The standard InChI is InChI=1S/C17H30N4OS/c1-4-18-16(19-10-8-15-20-11-13(2)23-15)21-12-17(3)9-6-5-7-14(17)22/h11,14,22H,4-10,12H2,1-3H3,(H2,18,19,21). The van der Waals surface area contributed by atoms with Gasteiger partial charge in [0.15, 0.2) is 5.96 Å². The molecule has 0 saturated heterocycles. The van der Waals surface area contributed by atoms with Crippen molar-refractivity contribution in [3.8, 4) is 0 Å². The Bertz CT molecular complexity index is 516. The summed E-state index contributed by atoms with van der Waals surface area (Å²) in [6.07, 6.45) is 6.87. The number of rotatable bonds is 6. The van der Waals surface area contributed by atoms with E-state index in [4.69, 9.17) is 4.99 Å². The van der Waals surface area contributed by atoms with Gasteiger partial charge in [-0.1, -0.05) is 19.8 Å². The molecule has 0 aromatic carbocycles. The fourth-order valence-electron chi connectivity index (χ4n) is 2.97. The van der Waals surface area contributed by atoms with Gasteiger partial charge in [0.1, 0.15) is 0 Å². The molecule has 5 nitrogen and oxygen atoms in total. The summed E-state index contributed by atoms with van der Waals surface area (Å²) in [4.78, 5) is 10.3. The predicted octanol–water partition coefficient (Wildman–Crippen LogP) is 2.49. The summed E-state index contributed by atoms with van der Waals surface area (Å²) in [5, 5.41) is 18.1. The number of aromatic nitrogens is 1. The van der Waals surface area contributed by atoms with Gasteiger partial charge >= 0.3 is 0 Å². The first-order valence-electron chi connectivity index (χ1n) is 8.65. The van der Waals surface area contributed by atoms with Gasteiger partial charge in [0, 0.05) is 36.0 Å².